The Morgan fingerprint density at radius 2 is 2.10 bits per heavy atom. The Balaban J connectivity index is 2.05. The first-order chi connectivity index (χ1) is 10.1. The van der Waals surface area contributed by atoms with E-state index >= 15 is 0 Å². The number of rotatable bonds is 8. The van der Waals surface area contributed by atoms with Gasteiger partial charge < -0.3 is 9.64 Å². The summed E-state index contributed by atoms with van der Waals surface area (Å²) in [5, 5.41) is 3.62. The third kappa shape index (κ3) is 4.19. The summed E-state index contributed by atoms with van der Waals surface area (Å²) in [7, 11) is 1.52. The van der Waals surface area contributed by atoms with E-state index in [0.29, 0.717) is 12.1 Å². The molecular formula is C17H32N2O2. The molecule has 122 valence electrons. The predicted molar refractivity (Wildman–Crippen MR) is 85.3 cm³/mol. The number of carbonyl (C=O) groups excluding carboxylic acids is 1. The van der Waals surface area contributed by atoms with Crippen molar-refractivity contribution in [2.45, 2.75) is 82.8 Å². The van der Waals surface area contributed by atoms with E-state index in [1.165, 1.54) is 39.2 Å². The van der Waals surface area contributed by atoms with Crippen molar-refractivity contribution in [3.8, 4) is 0 Å². The Labute approximate surface area is 129 Å². The Morgan fingerprint density at radius 1 is 1.33 bits per heavy atom. The molecule has 0 aromatic heterocycles. The molecule has 0 saturated heterocycles. The monoisotopic (exact) mass is 296 g/mol. The van der Waals surface area contributed by atoms with Gasteiger partial charge in [-0.25, -0.2) is 0 Å². The second kappa shape index (κ2) is 7.59. The van der Waals surface area contributed by atoms with Crippen molar-refractivity contribution in [3.63, 3.8) is 0 Å². The first kappa shape index (κ1) is 16.8. The van der Waals surface area contributed by atoms with Gasteiger partial charge in [0, 0.05) is 12.1 Å². The second-order valence-electron chi connectivity index (χ2n) is 6.72. The molecule has 4 nitrogen and oxygen atoms in total. The minimum Gasteiger partial charge on any atom is -0.468 e. The van der Waals surface area contributed by atoms with Crippen molar-refractivity contribution in [2.24, 2.45) is 0 Å². The molecule has 0 spiro atoms. The van der Waals surface area contributed by atoms with Gasteiger partial charge in [-0.1, -0.05) is 20.3 Å². The molecule has 0 aliphatic heterocycles. The standard InChI is InChI=1S/C17H32N2O2/c1-4-6-12-19(5-2)15-8-7-11-17(13-15,16(20)21-3)18-14-9-10-14/h14-15,18H,4-13H2,1-3H3. The molecule has 2 unspecified atom stereocenters. The largest absolute Gasteiger partial charge is 0.468 e. The van der Waals surface area contributed by atoms with Crippen LogP contribution in [0.2, 0.25) is 0 Å². The molecule has 0 aromatic rings. The fraction of sp³-hybridized carbons (Fsp3) is 0.941. The third-order valence-electron chi connectivity index (χ3n) is 5.08. The highest BCUT2D eigenvalue weighted by Crippen LogP contribution is 2.35. The van der Waals surface area contributed by atoms with Crippen LogP contribution < -0.4 is 5.32 Å². The lowest BCUT2D eigenvalue weighted by molar-refractivity contribution is -0.151. The minimum absolute atomic E-state index is 0.0503. The van der Waals surface area contributed by atoms with Crippen LogP contribution in [0.15, 0.2) is 0 Å². The number of nitrogens with zero attached hydrogens (tertiary/aromatic N) is 1. The maximum atomic E-state index is 12.4. The van der Waals surface area contributed by atoms with Crippen LogP contribution in [-0.4, -0.2) is 48.7 Å². The van der Waals surface area contributed by atoms with E-state index in [2.05, 4.69) is 24.1 Å². The van der Waals surface area contributed by atoms with Crippen molar-refractivity contribution in [1.82, 2.24) is 10.2 Å². The first-order valence-electron chi connectivity index (χ1n) is 8.75. The molecule has 2 fully saturated rings. The smallest absolute Gasteiger partial charge is 0.326 e. The van der Waals surface area contributed by atoms with Crippen LogP contribution in [-0.2, 0) is 9.53 Å². The normalized spacial score (nSPS) is 29.6. The van der Waals surface area contributed by atoms with Crippen LogP contribution in [0.3, 0.4) is 0 Å². The summed E-state index contributed by atoms with van der Waals surface area (Å²) in [5.74, 6) is -0.0503. The maximum Gasteiger partial charge on any atom is 0.326 e. The van der Waals surface area contributed by atoms with Crippen molar-refractivity contribution in [2.75, 3.05) is 20.2 Å². The van der Waals surface area contributed by atoms with Crippen LogP contribution in [0.5, 0.6) is 0 Å². The Bertz CT molecular complexity index is 344. The second-order valence-corrected chi connectivity index (χ2v) is 6.72. The highest BCUT2D eigenvalue weighted by molar-refractivity contribution is 5.81. The zero-order chi connectivity index (χ0) is 15.3. The van der Waals surface area contributed by atoms with Crippen molar-refractivity contribution >= 4 is 5.97 Å². The molecule has 0 radical (unpaired) electrons. The third-order valence-corrected chi connectivity index (χ3v) is 5.08. The number of carbonyl (C=O) groups is 1. The van der Waals surface area contributed by atoms with Crippen molar-refractivity contribution < 1.29 is 9.53 Å². The zero-order valence-electron chi connectivity index (χ0n) is 14.0. The fourth-order valence-corrected chi connectivity index (χ4v) is 3.71. The summed E-state index contributed by atoms with van der Waals surface area (Å²) < 4.78 is 5.14. The molecule has 1 N–H and O–H groups in total. The van der Waals surface area contributed by atoms with Gasteiger partial charge in [-0.3, -0.25) is 10.1 Å². The van der Waals surface area contributed by atoms with Crippen LogP contribution in [0.1, 0.15) is 65.2 Å². The number of ether oxygens (including phenoxy) is 1. The van der Waals surface area contributed by atoms with E-state index in [-0.39, 0.29) is 5.97 Å². The molecule has 2 atom stereocenters. The average Bonchev–Trinajstić information content (AvgIpc) is 3.31. The highest BCUT2D eigenvalue weighted by Gasteiger charge is 2.47. The van der Waals surface area contributed by atoms with E-state index in [0.717, 1.165) is 32.4 Å². The van der Waals surface area contributed by atoms with Crippen LogP contribution in [0.4, 0.5) is 0 Å². The van der Waals surface area contributed by atoms with Gasteiger partial charge in [-0.15, -0.1) is 0 Å². The van der Waals surface area contributed by atoms with Gasteiger partial charge in [0.2, 0.25) is 0 Å². The molecule has 0 heterocycles. The maximum absolute atomic E-state index is 12.4. The lowest BCUT2D eigenvalue weighted by atomic mass is 9.78. The molecule has 0 aromatic carbocycles. The van der Waals surface area contributed by atoms with Crippen LogP contribution in [0.25, 0.3) is 0 Å². The Hall–Kier alpha value is -0.610. The quantitative estimate of drug-likeness (QED) is 0.699. The summed E-state index contributed by atoms with van der Waals surface area (Å²) in [6, 6.07) is 1.05. The van der Waals surface area contributed by atoms with E-state index < -0.39 is 5.54 Å². The predicted octanol–water partition coefficient (Wildman–Crippen LogP) is 2.71. The van der Waals surface area contributed by atoms with Gasteiger partial charge in [0.15, 0.2) is 0 Å². The van der Waals surface area contributed by atoms with Gasteiger partial charge in [0.05, 0.1) is 7.11 Å². The van der Waals surface area contributed by atoms with Crippen LogP contribution in [0, 0.1) is 0 Å². The summed E-state index contributed by atoms with van der Waals surface area (Å²) >= 11 is 0. The summed E-state index contributed by atoms with van der Waals surface area (Å²) in [4.78, 5) is 15.0. The van der Waals surface area contributed by atoms with E-state index in [4.69, 9.17) is 4.74 Å². The molecule has 4 heteroatoms. The SMILES string of the molecule is CCCCN(CC)C1CCCC(NC2CC2)(C(=O)OC)C1. The number of esters is 1. The minimum atomic E-state index is -0.432. The Kier molecular flexibility index (Phi) is 6.06. The fourth-order valence-electron chi connectivity index (χ4n) is 3.71. The lowest BCUT2D eigenvalue weighted by Crippen LogP contribution is -2.59. The highest BCUT2D eigenvalue weighted by atomic mass is 16.5. The van der Waals surface area contributed by atoms with Gasteiger partial charge in [-0.05, 0) is 58.0 Å². The average molecular weight is 296 g/mol. The molecule has 21 heavy (non-hydrogen) atoms. The molecular weight excluding hydrogens is 264 g/mol. The number of unbranched alkanes of at least 4 members (excludes halogenated alkanes) is 1. The van der Waals surface area contributed by atoms with Gasteiger partial charge in [0.1, 0.15) is 5.54 Å². The number of methoxy groups -OCH3 is 1. The molecule has 2 aliphatic rings. The zero-order valence-corrected chi connectivity index (χ0v) is 14.0. The van der Waals surface area contributed by atoms with Crippen LogP contribution >= 0.6 is 0 Å². The topological polar surface area (TPSA) is 41.6 Å². The van der Waals surface area contributed by atoms with Gasteiger partial charge in [0.25, 0.3) is 0 Å². The number of nitrogens with one attached hydrogen (secondary N) is 1. The summed E-state index contributed by atoms with van der Waals surface area (Å²) in [6.07, 6.45) is 9.04. The summed E-state index contributed by atoms with van der Waals surface area (Å²) in [6.45, 7) is 6.70. The number of hydrogen-bond acceptors (Lipinski definition) is 4. The molecule has 0 amide bonds. The number of hydrogen-bond donors (Lipinski definition) is 1. The van der Waals surface area contributed by atoms with Crippen molar-refractivity contribution in [1.29, 1.82) is 0 Å². The van der Waals surface area contributed by atoms with E-state index in [9.17, 15) is 4.79 Å². The Morgan fingerprint density at radius 3 is 2.67 bits per heavy atom. The molecule has 2 saturated carbocycles. The van der Waals surface area contributed by atoms with Gasteiger partial charge >= 0.3 is 5.97 Å². The molecule has 0 bridgehead atoms. The lowest BCUT2D eigenvalue weighted by Gasteiger charge is -2.43. The van der Waals surface area contributed by atoms with E-state index in [1.807, 2.05) is 0 Å². The summed E-state index contributed by atoms with van der Waals surface area (Å²) in [5.41, 5.74) is -0.432. The molecule has 2 rings (SSSR count). The van der Waals surface area contributed by atoms with Gasteiger partial charge in [-0.2, -0.15) is 0 Å². The van der Waals surface area contributed by atoms with E-state index in [1.54, 1.807) is 0 Å². The first-order valence-corrected chi connectivity index (χ1v) is 8.75. The molecule has 2 aliphatic carbocycles. The van der Waals surface area contributed by atoms with Crippen molar-refractivity contribution in [3.05, 3.63) is 0 Å².